The monoisotopic (exact) mass is 475 g/mol. The Bertz CT molecular complexity index is 914. The number of hydrogen-bond acceptors (Lipinski definition) is 7. The smallest absolute Gasteiger partial charge is 0.309 e. The fraction of sp³-hybridized carbons (Fsp3) is 0.577. The highest BCUT2D eigenvalue weighted by atomic mass is 32.1. The summed E-state index contributed by atoms with van der Waals surface area (Å²) >= 11 is 1.55. The van der Waals surface area contributed by atoms with Gasteiger partial charge in [-0.15, -0.1) is 11.3 Å². The number of ketones is 1. The van der Waals surface area contributed by atoms with Crippen molar-refractivity contribution in [3.8, 4) is 0 Å². The van der Waals surface area contributed by atoms with Crippen molar-refractivity contribution >= 4 is 29.2 Å². The van der Waals surface area contributed by atoms with Crippen molar-refractivity contribution in [1.82, 2.24) is 4.98 Å². The van der Waals surface area contributed by atoms with Crippen LogP contribution >= 0.6 is 11.3 Å². The Morgan fingerprint density at radius 2 is 1.82 bits per heavy atom. The lowest BCUT2D eigenvalue weighted by Crippen LogP contribution is -2.45. The molecule has 2 heterocycles. The summed E-state index contributed by atoms with van der Waals surface area (Å²) < 4.78 is 5.73. The molecule has 1 aliphatic heterocycles. The van der Waals surface area contributed by atoms with Crippen LogP contribution in [0, 0.1) is 24.2 Å². The molecule has 6 nitrogen and oxygen atoms in total. The molecule has 0 bridgehead atoms. The third kappa shape index (κ3) is 7.45. The second-order valence-corrected chi connectivity index (χ2v) is 10.6. The summed E-state index contributed by atoms with van der Waals surface area (Å²) in [6, 6.07) is 0. The molecule has 182 valence electrons. The van der Waals surface area contributed by atoms with E-state index in [9.17, 15) is 19.8 Å². The predicted octanol–water partition coefficient (Wildman–Crippen LogP) is 4.65. The minimum Gasteiger partial charge on any atom is -0.457 e. The molecule has 0 amide bonds. The van der Waals surface area contributed by atoms with E-state index >= 15 is 0 Å². The number of aryl methyl sites for hydroxylation is 1. The fourth-order valence-electron chi connectivity index (χ4n) is 3.91. The lowest BCUT2D eigenvalue weighted by atomic mass is 9.73. The predicted molar refractivity (Wildman–Crippen MR) is 132 cm³/mol. The number of carbonyl (C=O) groups is 2. The molecular formula is C26H37NO5S. The average Bonchev–Trinajstić information content (AvgIpc) is 3.16. The van der Waals surface area contributed by atoms with Crippen molar-refractivity contribution in [2.45, 2.75) is 79.1 Å². The highest BCUT2D eigenvalue weighted by Gasteiger charge is 2.42. The third-order valence-corrected chi connectivity index (χ3v) is 7.16. The normalized spacial score (nSPS) is 30.3. The first-order valence-corrected chi connectivity index (χ1v) is 12.3. The Morgan fingerprint density at radius 1 is 1.18 bits per heavy atom. The molecule has 1 aromatic heterocycles. The van der Waals surface area contributed by atoms with Crippen molar-refractivity contribution < 1.29 is 24.5 Å². The van der Waals surface area contributed by atoms with Gasteiger partial charge in [0.15, 0.2) is 0 Å². The Balaban J connectivity index is 2.32. The number of aliphatic hydroxyl groups is 2. The first-order valence-electron chi connectivity index (χ1n) is 11.4. The van der Waals surface area contributed by atoms with Gasteiger partial charge in [-0.3, -0.25) is 9.59 Å². The van der Waals surface area contributed by atoms with Crippen LogP contribution in [0.15, 0.2) is 35.3 Å². The Morgan fingerprint density at radius 3 is 2.42 bits per heavy atom. The summed E-state index contributed by atoms with van der Waals surface area (Å²) in [6.45, 7) is 10.6. The van der Waals surface area contributed by atoms with Gasteiger partial charge in [-0.25, -0.2) is 4.98 Å². The van der Waals surface area contributed by atoms with Crippen LogP contribution in [0.5, 0.6) is 0 Å². The average molecular weight is 476 g/mol. The Hall–Kier alpha value is -2.09. The minimum atomic E-state index is -1.23. The molecule has 33 heavy (non-hydrogen) atoms. The van der Waals surface area contributed by atoms with E-state index in [2.05, 4.69) is 4.98 Å². The highest BCUT2D eigenvalue weighted by Crippen LogP contribution is 2.32. The van der Waals surface area contributed by atoms with E-state index in [1.54, 1.807) is 32.1 Å². The number of thiazole rings is 1. The van der Waals surface area contributed by atoms with E-state index in [4.69, 9.17) is 4.74 Å². The van der Waals surface area contributed by atoms with Gasteiger partial charge >= 0.3 is 5.97 Å². The van der Waals surface area contributed by atoms with E-state index in [-0.39, 0.29) is 18.1 Å². The molecule has 0 saturated heterocycles. The van der Waals surface area contributed by atoms with Crippen molar-refractivity contribution in [3.05, 3.63) is 46.0 Å². The van der Waals surface area contributed by atoms with Gasteiger partial charge in [-0.2, -0.15) is 0 Å². The molecule has 2 rings (SSSR count). The summed E-state index contributed by atoms with van der Waals surface area (Å²) in [5.41, 5.74) is 0.457. The molecule has 5 atom stereocenters. The highest BCUT2D eigenvalue weighted by molar-refractivity contribution is 7.09. The van der Waals surface area contributed by atoms with E-state index in [1.807, 2.05) is 56.5 Å². The molecule has 1 aliphatic rings. The molecule has 0 aromatic carbocycles. The van der Waals surface area contributed by atoms with Crippen LogP contribution in [0.4, 0.5) is 0 Å². The molecule has 0 aliphatic carbocycles. The number of Topliss-reactive ketones (excluding diaryl/α,β-unsaturated/α-hetero) is 1. The SMILES string of the molecule is C/C(=C\c1csc(C)n1)[C@@H]1CC=CC=CCC(C)[C@H](O)[C@@H](C)C(=O)C(C)(C)[C@@H](O)CC(=O)O1. The molecule has 0 spiro atoms. The standard InChI is InChI=1S/C26H37NO5S/c1-16-11-9-7-8-10-12-21(17(2)13-20-15-33-19(4)27-20)32-23(29)14-22(28)26(5,6)25(31)18(3)24(16)30/h7-10,13,15-16,18,21-22,24,28,30H,11-12,14H2,1-6H3/b9-7?,10-8?,17-13+/t16?,18-,21+,22+,24+/m1/s1. The number of esters is 1. The van der Waals surface area contributed by atoms with Crippen LogP contribution in [-0.2, 0) is 14.3 Å². The summed E-state index contributed by atoms with van der Waals surface area (Å²) in [5, 5.41) is 24.3. The Labute approximate surface area is 201 Å². The zero-order chi connectivity index (χ0) is 24.8. The summed E-state index contributed by atoms with van der Waals surface area (Å²) in [6.07, 6.45) is 7.77. The topological polar surface area (TPSA) is 96.7 Å². The van der Waals surface area contributed by atoms with Gasteiger partial charge in [0.05, 0.1) is 34.7 Å². The van der Waals surface area contributed by atoms with Crippen LogP contribution in [0.25, 0.3) is 6.08 Å². The third-order valence-electron chi connectivity index (χ3n) is 6.37. The summed E-state index contributed by atoms with van der Waals surface area (Å²) in [7, 11) is 0. The van der Waals surface area contributed by atoms with Crippen LogP contribution in [0.1, 0.15) is 64.6 Å². The number of cyclic esters (lactones) is 1. The van der Waals surface area contributed by atoms with E-state index in [0.29, 0.717) is 12.8 Å². The van der Waals surface area contributed by atoms with Gasteiger partial charge in [0.2, 0.25) is 0 Å². The molecule has 0 radical (unpaired) electrons. The molecule has 7 heteroatoms. The first kappa shape index (κ1) is 27.2. The van der Waals surface area contributed by atoms with Gasteiger partial charge in [0.1, 0.15) is 11.9 Å². The maximum absolute atomic E-state index is 13.1. The number of aliphatic hydroxyl groups excluding tert-OH is 2. The molecule has 0 fully saturated rings. The molecular weight excluding hydrogens is 438 g/mol. The lowest BCUT2D eigenvalue weighted by Gasteiger charge is -2.34. The maximum Gasteiger partial charge on any atom is 0.309 e. The Kier molecular flexibility index (Phi) is 9.76. The first-order chi connectivity index (χ1) is 15.4. The van der Waals surface area contributed by atoms with Crippen molar-refractivity contribution in [2.75, 3.05) is 0 Å². The van der Waals surface area contributed by atoms with Gasteiger partial charge in [-0.1, -0.05) is 52.0 Å². The minimum absolute atomic E-state index is 0.126. The maximum atomic E-state index is 13.1. The number of carbonyl (C=O) groups excluding carboxylic acids is 2. The van der Waals surface area contributed by atoms with Crippen LogP contribution < -0.4 is 0 Å². The van der Waals surface area contributed by atoms with Gasteiger partial charge in [-0.05, 0) is 37.8 Å². The van der Waals surface area contributed by atoms with E-state index in [0.717, 1.165) is 16.3 Å². The van der Waals surface area contributed by atoms with Crippen LogP contribution in [0.3, 0.4) is 0 Å². The number of aromatic nitrogens is 1. The van der Waals surface area contributed by atoms with Crippen LogP contribution in [-0.4, -0.2) is 45.3 Å². The molecule has 2 N–H and O–H groups in total. The summed E-state index contributed by atoms with van der Waals surface area (Å²) in [5.74, 6) is -1.64. The number of ether oxygens (including phenoxy) is 1. The second-order valence-electron chi connectivity index (χ2n) is 9.55. The molecule has 1 aromatic rings. The quantitative estimate of drug-likeness (QED) is 0.604. The van der Waals surface area contributed by atoms with Crippen molar-refractivity contribution in [1.29, 1.82) is 0 Å². The molecule has 0 saturated carbocycles. The number of nitrogens with zero attached hydrogens (tertiary/aromatic N) is 1. The number of hydrogen-bond donors (Lipinski definition) is 2. The van der Waals surface area contributed by atoms with Crippen LogP contribution in [0.2, 0.25) is 0 Å². The zero-order valence-electron chi connectivity index (χ0n) is 20.4. The summed E-state index contributed by atoms with van der Waals surface area (Å²) in [4.78, 5) is 30.3. The number of rotatable bonds is 2. The van der Waals surface area contributed by atoms with Crippen molar-refractivity contribution in [3.63, 3.8) is 0 Å². The number of allylic oxidation sites excluding steroid dienone is 3. The fourth-order valence-corrected chi connectivity index (χ4v) is 4.48. The second kappa shape index (κ2) is 11.9. The largest absolute Gasteiger partial charge is 0.457 e. The zero-order valence-corrected chi connectivity index (χ0v) is 21.3. The lowest BCUT2D eigenvalue weighted by molar-refractivity contribution is -0.154. The van der Waals surface area contributed by atoms with Gasteiger partial charge in [0.25, 0.3) is 0 Å². The molecule has 1 unspecified atom stereocenters. The van der Waals surface area contributed by atoms with Gasteiger partial charge < -0.3 is 14.9 Å². The van der Waals surface area contributed by atoms with E-state index < -0.39 is 35.6 Å². The van der Waals surface area contributed by atoms with Crippen molar-refractivity contribution in [2.24, 2.45) is 17.3 Å². The van der Waals surface area contributed by atoms with Gasteiger partial charge in [0, 0.05) is 17.7 Å². The van der Waals surface area contributed by atoms with E-state index in [1.165, 1.54) is 0 Å².